The number of nitrogens with zero attached hydrogens (tertiary/aromatic N) is 2. The lowest BCUT2D eigenvalue weighted by atomic mass is 10.1. The fourth-order valence-corrected chi connectivity index (χ4v) is 1.22. The predicted molar refractivity (Wildman–Crippen MR) is 46.8 cm³/mol. The quantitative estimate of drug-likeness (QED) is 0.820. The van der Waals surface area contributed by atoms with Gasteiger partial charge in [-0.15, -0.1) is 0 Å². The van der Waals surface area contributed by atoms with Crippen LogP contribution in [0, 0.1) is 11.3 Å². The third kappa shape index (κ3) is 2.68. The largest absolute Gasteiger partial charge is 0.434 e. The Balaban J connectivity index is 3.52. The predicted octanol–water partition coefficient (Wildman–Crippen LogP) is 2.37. The maximum atomic E-state index is 12.5. The maximum Gasteiger partial charge on any atom is 0.434 e. The molecule has 0 bridgehead atoms. The van der Waals surface area contributed by atoms with Crippen LogP contribution in [0.3, 0.4) is 0 Å². The fourth-order valence-electron chi connectivity index (χ4n) is 1.22. The average molecular weight is 251 g/mol. The lowest BCUT2D eigenvalue weighted by Gasteiger charge is -2.12. The number of nitriles is 1. The van der Waals surface area contributed by atoms with Gasteiger partial charge < -0.3 is 5.73 Å². The van der Waals surface area contributed by atoms with Crippen molar-refractivity contribution in [1.29, 1.82) is 5.26 Å². The number of alkyl halides is 5. The molecule has 0 saturated heterocycles. The van der Waals surface area contributed by atoms with Gasteiger partial charge in [-0.25, -0.2) is 13.8 Å². The van der Waals surface area contributed by atoms with Crippen molar-refractivity contribution >= 4 is 0 Å². The summed E-state index contributed by atoms with van der Waals surface area (Å²) in [5, 5.41) is 8.51. The summed E-state index contributed by atoms with van der Waals surface area (Å²) >= 11 is 0. The molecule has 0 unspecified atom stereocenters. The normalized spacial score (nSPS) is 11.6. The Bertz CT molecular complexity index is 461. The number of halogens is 5. The van der Waals surface area contributed by atoms with Gasteiger partial charge in [0.05, 0.1) is 5.56 Å². The summed E-state index contributed by atoms with van der Waals surface area (Å²) in [7, 11) is 0. The van der Waals surface area contributed by atoms with Gasteiger partial charge in [0.25, 0.3) is 6.43 Å². The lowest BCUT2D eigenvalue weighted by Crippen LogP contribution is -2.15. The number of hydrogen-bond donors (Lipinski definition) is 1. The molecule has 0 spiro atoms. The van der Waals surface area contributed by atoms with Crippen molar-refractivity contribution in [3.05, 3.63) is 28.6 Å². The van der Waals surface area contributed by atoms with Gasteiger partial charge in [-0.3, -0.25) is 0 Å². The zero-order valence-corrected chi connectivity index (χ0v) is 8.22. The Morgan fingerprint density at radius 1 is 1.41 bits per heavy atom. The highest BCUT2D eigenvalue weighted by Crippen LogP contribution is 2.33. The molecule has 0 aliphatic rings. The Hall–Kier alpha value is -1.75. The second-order valence-electron chi connectivity index (χ2n) is 3.04. The first-order chi connectivity index (χ1) is 7.81. The topological polar surface area (TPSA) is 62.7 Å². The number of hydrogen-bond acceptors (Lipinski definition) is 3. The van der Waals surface area contributed by atoms with E-state index in [1.54, 1.807) is 0 Å². The molecule has 2 N–H and O–H groups in total. The first-order valence-electron chi connectivity index (χ1n) is 4.30. The monoisotopic (exact) mass is 251 g/mol. The van der Waals surface area contributed by atoms with Crippen molar-refractivity contribution in [1.82, 2.24) is 4.98 Å². The second kappa shape index (κ2) is 4.63. The summed E-state index contributed by atoms with van der Waals surface area (Å²) in [4.78, 5) is 2.81. The van der Waals surface area contributed by atoms with Gasteiger partial charge in [-0.2, -0.15) is 18.4 Å². The van der Waals surface area contributed by atoms with E-state index in [0.29, 0.717) is 6.07 Å². The molecule has 17 heavy (non-hydrogen) atoms. The van der Waals surface area contributed by atoms with Crippen molar-refractivity contribution in [2.75, 3.05) is 0 Å². The van der Waals surface area contributed by atoms with E-state index in [9.17, 15) is 22.0 Å². The molecule has 8 heteroatoms. The third-order valence-electron chi connectivity index (χ3n) is 1.95. The molecule has 0 atom stereocenters. The molecule has 0 aliphatic heterocycles. The molecule has 0 aliphatic carbocycles. The highest BCUT2D eigenvalue weighted by molar-refractivity contribution is 5.40. The van der Waals surface area contributed by atoms with Crippen LogP contribution in [0.2, 0.25) is 0 Å². The van der Waals surface area contributed by atoms with Crippen LogP contribution >= 0.6 is 0 Å². The van der Waals surface area contributed by atoms with Crippen molar-refractivity contribution in [3.63, 3.8) is 0 Å². The number of aromatic nitrogens is 1. The SMILES string of the molecule is N#Cc1cc(CN)c(C(F)F)nc1C(F)(F)F. The zero-order valence-electron chi connectivity index (χ0n) is 8.22. The van der Waals surface area contributed by atoms with Crippen LogP contribution in [0.25, 0.3) is 0 Å². The first-order valence-corrected chi connectivity index (χ1v) is 4.30. The molecule has 3 nitrogen and oxygen atoms in total. The van der Waals surface area contributed by atoms with E-state index in [1.165, 1.54) is 6.07 Å². The van der Waals surface area contributed by atoms with Gasteiger partial charge in [0.2, 0.25) is 0 Å². The molecule has 0 aromatic carbocycles. The van der Waals surface area contributed by atoms with E-state index in [4.69, 9.17) is 11.0 Å². The fraction of sp³-hybridized carbons (Fsp3) is 0.333. The molecule has 0 fully saturated rings. The van der Waals surface area contributed by atoms with Crippen molar-refractivity contribution in [2.45, 2.75) is 19.1 Å². The summed E-state index contributed by atoms with van der Waals surface area (Å²) in [6.07, 6.45) is -8.13. The minimum atomic E-state index is -4.96. The minimum Gasteiger partial charge on any atom is -0.326 e. The molecular formula is C9H6F5N3. The van der Waals surface area contributed by atoms with E-state index in [2.05, 4.69) is 4.98 Å². The van der Waals surface area contributed by atoms with Gasteiger partial charge in [0.1, 0.15) is 11.8 Å². The van der Waals surface area contributed by atoms with E-state index < -0.39 is 36.1 Å². The van der Waals surface area contributed by atoms with Gasteiger partial charge in [-0.1, -0.05) is 0 Å². The summed E-state index contributed by atoms with van der Waals surface area (Å²) in [5.41, 5.74) is 1.36. The molecule has 92 valence electrons. The van der Waals surface area contributed by atoms with E-state index in [0.717, 1.165) is 0 Å². The molecule has 0 amide bonds. The third-order valence-corrected chi connectivity index (χ3v) is 1.95. The van der Waals surface area contributed by atoms with Crippen LogP contribution in [-0.4, -0.2) is 4.98 Å². The average Bonchev–Trinajstić information content (AvgIpc) is 2.25. The maximum absolute atomic E-state index is 12.5. The standard InChI is InChI=1S/C9H6F5N3/c10-8(11)6-4(2-15)1-5(3-16)7(17-6)9(12,13)14/h1,8H,2,15H2. The molecule has 1 aromatic rings. The van der Waals surface area contributed by atoms with E-state index >= 15 is 0 Å². The summed E-state index contributed by atoms with van der Waals surface area (Å²) in [6.45, 7) is -0.417. The second-order valence-corrected chi connectivity index (χ2v) is 3.04. The smallest absolute Gasteiger partial charge is 0.326 e. The molecule has 0 radical (unpaired) electrons. The van der Waals surface area contributed by atoms with Crippen LogP contribution in [-0.2, 0) is 12.7 Å². The molecule has 1 heterocycles. The first kappa shape index (κ1) is 13.3. The Morgan fingerprint density at radius 2 is 2.00 bits per heavy atom. The van der Waals surface area contributed by atoms with Crippen molar-refractivity contribution in [2.24, 2.45) is 5.73 Å². The number of pyridine rings is 1. The van der Waals surface area contributed by atoms with E-state index in [1.807, 2.05) is 0 Å². The molecule has 1 rings (SSSR count). The minimum absolute atomic E-state index is 0.274. The van der Waals surface area contributed by atoms with Crippen LogP contribution < -0.4 is 5.73 Å². The summed E-state index contributed by atoms with van der Waals surface area (Å²) < 4.78 is 62.2. The Labute approximate surface area is 92.7 Å². The Kier molecular flexibility index (Phi) is 3.63. The summed E-state index contributed by atoms with van der Waals surface area (Å²) in [6, 6.07) is 1.95. The Morgan fingerprint density at radius 3 is 2.35 bits per heavy atom. The highest BCUT2D eigenvalue weighted by atomic mass is 19.4. The van der Waals surface area contributed by atoms with Crippen LogP contribution in [0.15, 0.2) is 6.07 Å². The lowest BCUT2D eigenvalue weighted by molar-refractivity contribution is -0.141. The number of rotatable bonds is 2. The van der Waals surface area contributed by atoms with Crippen LogP contribution in [0.4, 0.5) is 22.0 Å². The molecular weight excluding hydrogens is 245 g/mol. The van der Waals surface area contributed by atoms with Gasteiger partial charge in [-0.05, 0) is 11.6 Å². The summed E-state index contributed by atoms with van der Waals surface area (Å²) in [5.74, 6) is 0. The number of nitrogens with two attached hydrogens (primary N) is 1. The molecule has 1 aromatic heterocycles. The highest BCUT2D eigenvalue weighted by Gasteiger charge is 2.37. The van der Waals surface area contributed by atoms with Gasteiger partial charge >= 0.3 is 6.18 Å². The van der Waals surface area contributed by atoms with Crippen LogP contribution in [0.5, 0.6) is 0 Å². The molecule has 0 saturated carbocycles. The van der Waals surface area contributed by atoms with Crippen molar-refractivity contribution in [3.8, 4) is 6.07 Å². The zero-order chi connectivity index (χ0) is 13.2. The van der Waals surface area contributed by atoms with E-state index in [-0.39, 0.29) is 5.56 Å². The van der Waals surface area contributed by atoms with Crippen molar-refractivity contribution < 1.29 is 22.0 Å². The van der Waals surface area contributed by atoms with Gasteiger partial charge in [0.15, 0.2) is 5.69 Å². The van der Waals surface area contributed by atoms with Gasteiger partial charge in [0, 0.05) is 6.54 Å². The van der Waals surface area contributed by atoms with Crippen LogP contribution in [0.1, 0.15) is 28.9 Å².